The first-order valence-corrected chi connectivity index (χ1v) is 3.41. The number of hydrogen-bond donors (Lipinski definition) is 1. The summed E-state index contributed by atoms with van der Waals surface area (Å²) in [6.07, 6.45) is 5.08. The van der Waals surface area contributed by atoms with Gasteiger partial charge in [-0.3, -0.25) is 0 Å². The third-order valence-electron chi connectivity index (χ3n) is 1.33. The van der Waals surface area contributed by atoms with E-state index < -0.39 is 0 Å². The van der Waals surface area contributed by atoms with Gasteiger partial charge in [-0.25, -0.2) is 4.98 Å². The molecule has 1 heterocycles. The summed E-state index contributed by atoms with van der Waals surface area (Å²) in [7, 11) is 0. The quantitative estimate of drug-likeness (QED) is 0.657. The summed E-state index contributed by atoms with van der Waals surface area (Å²) in [5.41, 5.74) is 0.518. The van der Waals surface area contributed by atoms with Crippen LogP contribution < -0.4 is 0 Å². The lowest BCUT2D eigenvalue weighted by Crippen LogP contribution is -1.85. The molecule has 1 N–H and O–H groups in total. The van der Waals surface area contributed by atoms with E-state index in [2.05, 4.69) is 16.5 Å². The van der Waals surface area contributed by atoms with Crippen molar-refractivity contribution in [3.63, 3.8) is 0 Å². The van der Waals surface area contributed by atoms with Crippen molar-refractivity contribution in [1.82, 2.24) is 9.97 Å². The molecule has 0 aliphatic carbocycles. The lowest BCUT2D eigenvalue weighted by atomic mass is 10.3. The Balaban J connectivity index is 2.59. The Bertz CT molecular complexity index is 280. The van der Waals surface area contributed by atoms with Crippen LogP contribution in [-0.4, -0.2) is 9.97 Å². The molecule has 1 aromatic rings. The maximum Gasteiger partial charge on any atom is 0.137 e. The Morgan fingerprint density at radius 2 is 2.64 bits per heavy atom. The van der Waals surface area contributed by atoms with E-state index in [4.69, 9.17) is 5.26 Å². The number of aryl methyl sites for hydroxylation is 1. The van der Waals surface area contributed by atoms with E-state index in [0.717, 1.165) is 18.7 Å². The predicted octanol–water partition coefficient (Wildman–Crippen LogP) is 1.40. The molecular weight excluding hydrogens is 138 g/mol. The minimum atomic E-state index is 0.518. The first-order valence-electron chi connectivity index (χ1n) is 3.41. The van der Waals surface area contributed by atoms with Crippen LogP contribution in [0.2, 0.25) is 0 Å². The van der Waals surface area contributed by atoms with Gasteiger partial charge in [0.1, 0.15) is 17.6 Å². The van der Waals surface area contributed by atoms with Crippen molar-refractivity contribution >= 4 is 0 Å². The van der Waals surface area contributed by atoms with Crippen LogP contribution in [0.15, 0.2) is 18.9 Å². The number of H-pyrrole nitrogens is 1. The Kier molecular flexibility index (Phi) is 2.45. The number of aromatic nitrogens is 2. The normalized spacial score (nSPS) is 9.00. The SMILES string of the molecule is C=CCCc1ncc(C#N)[nH]1. The number of rotatable bonds is 3. The molecule has 0 bridgehead atoms. The Hall–Kier alpha value is -1.56. The standard InChI is InChI=1S/C8H9N3/c1-2-3-4-8-10-6-7(5-9)11-8/h2,6H,1,3-4H2,(H,10,11). The summed E-state index contributed by atoms with van der Waals surface area (Å²) in [5.74, 6) is 0.849. The van der Waals surface area contributed by atoms with Gasteiger partial charge in [-0.2, -0.15) is 5.26 Å². The van der Waals surface area contributed by atoms with Crippen molar-refractivity contribution < 1.29 is 0 Å². The molecule has 0 amide bonds. The van der Waals surface area contributed by atoms with E-state index in [1.807, 2.05) is 12.1 Å². The number of allylic oxidation sites excluding steroid dienone is 1. The van der Waals surface area contributed by atoms with Gasteiger partial charge in [0.2, 0.25) is 0 Å². The maximum atomic E-state index is 8.43. The fourth-order valence-corrected chi connectivity index (χ4v) is 0.785. The zero-order valence-corrected chi connectivity index (χ0v) is 6.17. The van der Waals surface area contributed by atoms with E-state index >= 15 is 0 Å². The Labute approximate surface area is 65.4 Å². The fraction of sp³-hybridized carbons (Fsp3) is 0.250. The first-order chi connectivity index (χ1) is 5.36. The first kappa shape index (κ1) is 7.55. The summed E-state index contributed by atoms with van der Waals surface area (Å²) in [6, 6.07) is 1.98. The van der Waals surface area contributed by atoms with Gasteiger partial charge >= 0.3 is 0 Å². The highest BCUT2D eigenvalue weighted by Crippen LogP contribution is 1.98. The van der Waals surface area contributed by atoms with Gasteiger partial charge in [-0.05, 0) is 6.42 Å². The van der Waals surface area contributed by atoms with Crippen LogP contribution in [0.3, 0.4) is 0 Å². The van der Waals surface area contributed by atoms with E-state index in [1.54, 1.807) is 6.20 Å². The van der Waals surface area contributed by atoms with E-state index in [0.29, 0.717) is 5.69 Å². The van der Waals surface area contributed by atoms with Gasteiger partial charge in [-0.15, -0.1) is 6.58 Å². The molecule has 0 radical (unpaired) electrons. The van der Waals surface area contributed by atoms with Crippen LogP contribution in [0, 0.1) is 11.3 Å². The molecule has 3 heteroatoms. The highest BCUT2D eigenvalue weighted by Gasteiger charge is 1.96. The average molecular weight is 147 g/mol. The summed E-state index contributed by atoms with van der Waals surface area (Å²) >= 11 is 0. The number of aromatic amines is 1. The third kappa shape index (κ3) is 1.94. The van der Waals surface area contributed by atoms with Gasteiger partial charge in [0.25, 0.3) is 0 Å². The molecule has 0 fully saturated rings. The lowest BCUT2D eigenvalue weighted by Gasteiger charge is -1.88. The Morgan fingerprint density at radius 1 is 1.82 bits per heavy atom. The van der Waals surface area contributed by atoms with Crippen molar-refractivity contribution in [1.29, 1.82) is 5.26 Å². The predicted molar refractivity (Wildman–Crippen MR) is 41.8 cm³/mol. The molecular formula is C8H9N3. The van der Waals surface area contributed by atoms with Gasteiger partial charge in [0, 0.05) is 6.42 Å². The second-order valence-corrected chi connectivity index (χ2v) is 2.18. The zero-order chi connectivity index (χ0) is 8.10. The van der Waals surface area contributed by atoms with Crippen molar-refractivity contribution in [2.75, 3.05) is 0 Å². The van der Waals surface area contributed by atoms with Crippen LogP contribution in [0.1, 0.15) is 17.9 Å². The second-order valence-electron chi connectivity index (χ2n) is 2.18. The van der Waals surface area contributed by atoms with E-state index in [-0.39, 0.29) is 0 Å². The summed E-state index contributed by atoms with van der Waals surface area (Å²) < 4.78 is 0. The molecule has 0 aliphatic heterocycles. The minimum Gasteiger partial charge on any atom is -0.334 e. The Morgan fingerprint density at radius 3 is 3.18 bits per heavy atom. The number of nitriles is 1. The topological polar surface area (TPSA) is 52.5 Å². The minimum absolute atomic E-state index is 0.518. The van der Waals surface area contributed by atoms with Crippen LogP contribution in [0.4, 0.5) is 0 Å². The number of nitrogens with zero attached hydrogens (tertiary/aromatic N) is 2. The molecule has 0 saturated carbocycles. The van der Waals surface area contributed by atoms with Crippen LogP contribution in [-0.2, 0) is 6.42 Å². The molecule has 0 atom stereocenters. The fourth-order valence-electron chi connectivity index (χ4n) is 0.785. The molecule has 0 saturated heterocycles. The molecule has 1 aromatic heterocycles. The highest BCUT2D eigenvalue weighted by molar-refractivity contribution is 5.17. The smallest absolute Gasteiger partial charge is 0.137 e. The molecule has 0 spiro atoms. The average Bonchev–Trinajstić information content (AvgIpc) is 2.48. The highest BCUT2D eigenvalue weighted by atomic mass is 14.9. The van der Waals surface area contributed by atoms with Crippen molar-refractivity contribution in [2.24, 2.45) is 0 Å². The molecule has 1 rings (SSSR count). The lowest BCUT2D eigenvalue weighted by molar-refractivity contribution is 0.910. The second kappa shape index (κ2) is 3.57. The van der Waals surface area contributed by atoms with Crippen LogP contribution in [0.25, 0.3) is 0 Å². The number of imidazole rings is 1. The van der Waals surface area contributed by atoms with Crippen molar-refractivity contribution in [3.8, 4) is 6.07 Å². The summed E-state index contributed by atoms with van der Waals surface area (Å²) in [6.45, 7) is 3.60. The molecule has 0 aliphatic rings. The van der Waals surface area contributed by atoms with Crippen LogP contribution >= 0.6 is 0 Å². The number of nitrogens with one attached hydrogen (secondary N) is 1. The molecule has 0 aromatic carbocycles. The van der Waals surface area contributed by atoms with Gasteiger partial charge in [0.15, 0.2) is 0 Å². The molecule has 56 valence electrons. The zero-order valence-electron chi connectivity index (χ0n) is 6.17. The molecule has 3 nitrogen and oxygen atoms in total. The van der Waals surface area contributed by atoms with E-state index in [1.165, 1.54) is 0 Å². The van der Waals surface area contributed by atoms with Crippen molar-refractivity contribution in [3.05, 3.63) is 30.4 Å². The summed E-state index contributed by atoms with van der Waals surface area (Å²) in [5, 5.41) is 8.43. The maximum absolute atomic E-state index is 8.43. The summed E-state index contributed by atoms with van der Waals surface area (Å²) in [4.78, 5) is 6.88. The third-order valence-corrected chi connectivity index (χ3v) is 1.33. The van der Waals surface area contributed by atoms with E-state index in [9.17, 15) is 0 Å². The van der Waals surface area contributed by atoms with Crippen molar-refractivity contribution in [2.45, 2.75) is 12.8 Å². The molecule has 0 unspecified atom stereocenters. The number of hydrogen-bond acceptors (Lipinski definition) is 2. The van der Waals surface area contributed by atoms with Crippen LogP contribution in [0.5, 0.6) is 0 Å². The van der Waals surface area contributed by atoms with Gasteiger partial charge in [-0.1, -0.05) is 6.08 Å². The van der Waals surface area contributed by atoms with Gasteiger partial charge < -0.3 is 4.98 Å². The molecule has 11 heavy (non-hydrogen) atoms. The largest absolute Gasteiger partial charge is 0.334 e. The van der Waals surface area contributed by atoms with Gasteiger partial charge in [0.05, 0.1) is 6.20 Å². The monoisotopic (exact) mass is 147 g/mol.